The lowest BCUT2D eigenvalue weighted by Gasteiger charge is -2.34. The first kappa shape index (κ1) is 18.3. The number of carbonyl (C=O) groups excluding carboxylic acids is 1. The van der Waals surface area contributed by atoms with Crippen LogP contribution in [0, 0.1) is 0 Å². The van der Waals surface area contributed by atoms with Gasteiger partial charge in [-0.05, 0) is 32.4 Å². The molecule has 1 fully saturated rings. The van der Waals surface area contributed by atoms with Gasteiger partial charge in [-0.25, -0.2) is 4.98 Å². The molecule has 2 N–H and O–H groups in total. The fraction of sp³-hybridized carbons (Fsp3) is 0.450. The Morgan fingerprint density at radius 3 is 2.62 bits per heavy atom. The van der Waals surface area contributed by atoms with Crippen molar-refractivity contribution in [3.8, 4) is 11.4 Å². The van der Waals surface area contributed by atoms with Crippen LogP contribution >= 0.6 is 0 Å². The Hall–Kier alpha value is -2.47. The van der Waals surface area contributed by atoms with E-state index in [9.17, 15) is 9.59 Å². The molecule has 26 heavy (non-hydrogen) atoms. The van der Waals surface area contributed by atoms with E-state index in [1.165, 1.54) is 25.5 Å². The molecule has 1 aromatic carbocycles. The molecule has 138 valence electrons. The van der Waals surface area contributed by atoms with Crippen molar-refractivity contribution in [1.29, 1.82) is 0 Å². The smallest absolute Gasteiger partial charge is 0.264 e. The molecule has 0 radical (unpaired) electrons. The SMILES string of the molecule is CC[C@@H](CNC(=O)c1cnc(-c2ccccc2)[nH]c1=O)N1CCCCC1. The zero-order valence-corrected chi connectivity index (χ0v) is 15.2. The Balaban J connectivity index is 1.65. The molecule has 0 bridgehead atoms. The molecule has 2 heterocycles. The maximum Gasteiger partial charge on any atom is 0.264 e. The highest BCUT2D eigenvalue weighted by atomic mass is 16.2. The maximum absolute atomic E-state index is 12.4. The van der Waals surface area contributed by atoms with Crippen molar-refractivity contribution in [2.45, 2.75) is 38.6 Å². The number of piperidine rings is 1. The van der Waals surface area contributed by atoms with Crippen LogP contribution in [0.15, 0.2) is 41.3 Å². The van der Waals surface area contributed by atoms with E-state index in [0.29, 0.717) is 18.4 Å². The van der Waals surface area contributed by atoms with Crippen LogP contribution in [-0.4, -0.2) is 46.5 Å². The van der Waals surface area contributed by atoms with Crippen LogP contribution in [0.1, 0.15) is 43.0 Å². The molecule has 6 nitrogen and oxygen atoms in total. The van der Waals surface area contributed by atoms with Crippen molar-refractivity contribution in [3.63, 3.8) is 0 Å². The molecule has 1 aliphatic heterocycles. The van der Waals surface area contributed by atoms with E-state index in [1.54, 1.807) is 0 Å². The molecule has 1 saturated heterocycles. The van der Waals surface area contributed by atoms with Gasteiger partial charge in [0, 0.05) is 24.3 Å². The van der Waals surface area contributed by atoms with Crippen LogP contribution in [0.4, 0.5) is 0 Å². The van der Waals surface area contributed by atoms with Crippen molar-refractivity contribution in [3.05, 3.63) is 52.4 Å². The summed E-state index contributed by atoms with van der Waals surface area (Å²) in [5.41, 5.74) is 0.452. The molecule has 0 spiro atoms. The summed E-state index contributed by atoms with van der Waals surface area (Å²) in [4.78, 5) is 34.1. The Morgan fingerprint density at radius 2 is 1.96 bits per heavy atom. The molecular formula is C20H26N4O2. The Kier molecular flexibility index (Phi) is 6.17. The Morgan fingerprint density at radius 1 is 1.23 bits per heavy atom. The van der Waals surface area contributed by atoms with E-state index in [2.05, 4.69) is 27.1 Å². The minimum absolute atomic E-state index is 0.0539. The number of H-pyrrole nitrogens is 1. The summed E-state index contributed by atoms with van der Waals surface area (Å²) in [6.45, 7) is 4.86. The average molecular weight is 354 g/mol. The fourth-order valence-electron chi connectivity index (χ4n) is 3.42. The lowest BCUT2D eigenvalue weighted by Crippen LogP contribution is -2.46. The number of carbonyl (C=O) groups is 1. The summed E-state index contributed by atoms with van der Waals surface area (Å²) >= 11 is 0. The summed E-state index contributed by atoms with van der Waals surface area (Å²) in [5.74, 6) is 0.0979. The molecule has 1 aliphatic rings. The van der Waals surface area contributed by atoms with Crippen molar-refractivity contribution < 1.29 is 4.79 Å². The van der Waals surface area contributed by atoms with Crippen LogP contribution in [0.3, 0.4) is 0 Å². The van der Waals surface area contributed by atoms with Crippen molar-refractivity contribution in [2.24, 2.45) is 0 Å². The van der Waals surface area contributed by atoms with Crippen molar-refractivity contribution in [1.82, 2.24) is 20.2 Å². The number of hydrogen-bond acceptors (Lipinski definition) is 4. The van der Waals surface area contributed by atoms with Gasteiger partial charge >= 0.3 is 0 Å². The number of benzene rings is 1. The van der Waals surface area contributed by atoms with Gasteiger partial charge in [0.25, 0.3) is 11.5 Å². The maximum atomic E-state index is 12.4. The molecule has 2 aromatic rings. The minimum Gasteiger partial charge on any atom is -0.350 e. The van der Waals surface area contributed by atoms with E-state index in [0.717, 1.165) is 25.1 Å². The van der Waals surface area contributed by atoms with Gasteiger partial charge in [0.2, 0.25) is 0 Å². The van der Waals surface area contributed by atoms with E-state index in [4.69, 9.17) is 0 Å². The van der Waals surface area contributed by atoms with Gasteiger partial charge < -0.3 is 10.3 Å². The number of hydrogen-bond donors (Lipinski definition) is 2. The van der Waals surface area contributed by atoms with Crippen LogP contribution in [0.5, 0.6) is 0 Å². The second kappa shape index (κ2) is 8.76. The highest BCUT2D eigenvalue weighted by Crippen LogP contribution is 2.14. The minimum atomic E-state index is -0.414. The zero-order valence-electron chi connectivity index (χ0n) is 15.2. The molecule has 6 heteroatoms. The Bertz CT molecular complexity index is 782. The monoisotopic (exact) mass is 354 g/mol. The van der Waals surface area contributed by atoms with Gasteiger partial charge in [0.05, 0.1) is 0 Å². The number of aromatic amines is 1. The normalized spacial score (nSPS) is 16.2. The fourth-order valence-corrected chi connectivity index (χ4v) is 3.42. The first-order chi connectivity index (χ1) is 12.7. The number of likely N-dealkylation sites (tertiary alicyclic amines) is 1. The first-order valence-electron chi connectivity index (χ1n) is 9.36. The standard InChI is InChI=1S/C20H26N4O2/c1-2-16(24-11-7-4-8-12-24)13-22-19(25)17-14-21-18(23-20(17)26)15-9-5-3-6-10-15/h3,5-6,9-10,14,16H,2,4,7-8,11-13H2,1H3,(H,22,25)(H,21,23,26)/t16-/m0/s1. The average Bonchev–Trinajstić information content (AvgIpc) is 2.69. The van der Waals surface area contributed by atoms with Gasteiger partial charge in [-0.15, -0.1) is 0 Å². The molecule has 1 amide bonds. The predicted octanol–water partition coefficient (Wildman–Crippen LogP) is 2.43. The lowest BCUT2D eigenvalue weighted by molar-refractivity contribution is 0.0921. The number of rotatable bonds is 6. The van der Waals surface area contributed by atoms with E-state index in [1.807, 2.05) is 30.3 Å². The van der Waals surface area contributed by atoms with Gasteiger partial charge in [-0.3, -0.25) is 14.5 Å². The molecule has 0 saturated carbocycles. The summed E-state index contributed by atoms with van der Waals surface area (Å²) < 4.78 is 0. The van der Waals surface area contributed by atoms with E-state index in [-0.39, 0.29) is 11.5 Å². The number of amides is 1. The Labute approximate surface area is 153 Å². The predicted molar refractivity (Wildman–Crippen MR) is 102 cm³/mol. The quantitative estimate of drug-likeness (QED) is 0.835. The molecular weight excluding hydrogens is 328 g/mol. The summed E-state index contributed by atoms with van der Waals surface area (Å²) in [5, 5.41) is 2.91. The van der Waals surface area contributed by atoms with Gasteiger partial charge in [0.15, 0.2) is 0 Å². The van der Waals surface area contributed by atoms with Gasteiger partial charge in [0.1, 0.15) is 11.4 Å². The highest BCUT2D eigenvalue weighted by Gasteiger charge is 2.20. The summed E-state index contributed by atoms with van der Waals surface area (Å²) in [6.07, 6.45) is 6.05. The van der Waals surface area contributed by atoms with Crippen LogP contribution in [0.2, 0.25) is 0 Å². The first-order valence-corrected chi connectivity index (χ1v) is 9.36. The second-order valence-corrected chi connectivity index (χ2v) is 6.71. The van der Waals surface area contributed by atoms with Crippen molar-refractivity contribution in [2.75, 3.05) is 19.6 Å². The third kappa shape index (κ3) is 4.38. The van der Waals surface area contributed by atoms with E-state index >= 15 is 0 Å². The molecule has 1 atom stereocenters. The molecule has 0 unspecified atom stereocenters. The largest absolute Gasteiger partial charge is 0.350 e. The third-order valence-electron chi connectivity index (χ3n) is 4.97. The molecule has 3 rings (SSSR count). The van der Waals surface area contributed by atoms with Crippen LogP contribution < -0.4 is 10.9 Å². The van der Waals surface area contributed by atoms with Gasteiger partial charge in [-0.1, -0.05) is 43.7 Å². The third-order valence-corrected chi connectivity index (χ3v) is 4.97. The van der Waals surface area contributed by atoms with Gasteiger partial charge in [-0.2, -0.15) is 0 Å². The zero-order chi connectivity index (χ0) is 18.4. The summed E-state index contributed by atoms with van der Waals surface area (Å²) in [7, 11) is 0. The van der Waals surface area contributed by atoms with E-state index < -0.39 is 5.56 Å². The summed E-state index contributed by atoms with van der Waals surface area (Å²) in [6, 6.07) is 9.69. The van der Waals surface area contributed by atoms with Crippen LogP contribution in [0.25, 0.3) is 11.4 Å². The van der Waals surface area contributed by atoms with Crippen LogP contribution in [-0.2, 0) is 0 Å². The van der Waals surface area contributed by atoms with Crippen molar-refractivity contribution >= 4 is 5.91 Å². The lowest BCUT2D eigenvalue weighted by atomic mass is 10.1. The molecule has 1 aromatic heterocycles. The second-order valence-electron chi connectivity index (χ2n) is 6.71. The molecule has 0 aliphatic carbocycles. The topological polar surface area (TPSA) is 78.1 Å². The number of aromatic nitrogens is 2. The number of nitrogens with zero attached hydrogens (tertiary/aromatic N) is 2. The number of nitrogens with one attached hydrogen (secondary N) is 2. The highest BCUT2D eigenvalue weighted by molar-refractivity contribution is 5.93.